The van der Waals surface area contributed by atoms with Crippen LogP contribution in [0.2, 0.25) is 0 Å². The predicted molar refractivity (Wildman–Crippen MR) is 123 cm³/mol. The summed E-state index contributed by atoms with van der Waals surface area (Å²) in [7, 11) is 0.980. The van der Waals surface area contributed by atoms with Crippen LogP contribution in [0.1, 0.15) is 38.5 Å². The molecule has 0 aromatic heterocycles. The summed E-state index contributed by atoms with van der Waals surface area (Å²) >= 11 is 0. The first-order chi connectivity index (χ1) is 15.4. The van der Waals surface area contributed by atoms with Crippen molar-refractivity contribution in [2.24, 2.45) is 0 Å². The Labute approximate surface area is 196 Å². The maximum atomic E-state index is 14.4. The second kappa shape index (κ2) is 7.12. The Balaban J connectivity index is 1.20. The van der Waals surface area contributed by atoms with E-state index in [9.17, 15) is 9.13 Å². The minimum Gasteiger partial charge on any atom is -0.363 e. The molecule has 6 aliphatic rings. The normalized spacial score (nSPS) is 43.8. The van der Waals surface area contributed by atoms with E-state index in [2.05, 4.69) is 5.32 Å². The summed E-state index contributed by atoms with van der Waals surface area (Å²) in [5.41, 5.74) is -1.26. The minimum atomic E-state index is -3.31. The SMILES string of the molecule is CN(C)P(C)(=O)O[C@@H]1CC12CN(P(=O)(O[C@@H]1C[C@@]13CNCC1(CC1)O3)N(C)C)CC1(CC1)O2. The molecule has 4 spiro atoms. The lowest BCUT2D eigenvalue weighted by molar-refractivity contribution is -0.117. The van der Waals surface area contributed by atoms with Crippen molar-refractivity contribution >= 4 is 15.2 Å². The van der Waals surface area contributed by atoms with Gasteiger partial charge in [-0.1, -0.05) is 0 Å². The van der Waals surface area contributed by atoms with E-state index in [-0.39, 0.29) is 29.0 Å². The summed E-state index contributed by atoms with van der Waals surface area (Å²) in [5.74, 6) is 0. The quantitative estimate of drug-likeness (QED) is 0.520. The summed E-state index contributed by atoms with van der Waals surface area (Å²) in [6, 6.07) is 0. The average Bonchev–Trinajstić information content (AvgIpc) is 3.64. The zero-order chi connectivity index (χ0) is 23.5. The van der Waals surface area contributed by atoms with E-state index in [0.717, 1.165) is 45.2 Å². The van der Waals surface area contributed by atoms with E-state index in [1.807, 2.05) is 18.8 Å². The molecule has 10 nitrogen and oxygen atoms in total. The van der Waals surface area contributed by atoms with E-state index in [0.29, 0.717) is 19.5 Å². The Hall–Kier alpha value is 0.140. The third-order valence-electron chi connectivity index (χ3n) is 8.34. The lowest BCUT2D eigenvalue weighted by Gasteiger charge is -2.44. The zero-order valence-corrected chi connectivity index (χ0v) is 22.2. The largest absolute Gasteiger partial charge is 0.363 e. The van der Waals surface area contributed by atoms with E-state index in [4.69, 9.17) is 18.5 Å². The van der Waals surface area contributed by atoms with Gasteiger partial charge in [0.05, 0.1) is 17.3 Å². The van der Waals surface area contributed by atoms with E-state index in [1.54, 1.807) is 30.1 Å². The first-order valence-electron chi connectivity index (χ1n) is 12.1. The molecule has 0 aromatic carbocycles. The molecule has 3 unspecified atom stereocenters. The second-order valence-electron chi connectivity index (χ2n) is 11.7. The van der Waals surface area contributed by atoms with Crippen LogP contribution in [0, 0.1) is 0 Å². The van der Waals surface area contributed by atoms with Crippen LogP contribution in [-0.2, 0) is 27.7 Å². The van der Waals surface area contributed by atoms with Crippen molar-refractivity contribution in [1.29, 1.82) is 0 Å². The van der Waals surface area contributed by atoms with Crippen LogP contribution in [0.3, 0.4) is 0 Å². The maximum absolute atomic E-state index is 14.4. The number of nitrogens with zero attached hydrogens (tertiary/aromatic N) is 3. The zero-order valence-electron chi connectivity index (χ0n) is 20.4. The summed E-state index contributed by atoms with van der Waals surface area (Å²) in [6.45, 7) is 4.31. The van der Waals surface area contributed by atoms with Gasteiger partial charge in [-0.15, -0.1) is 0 Å². The summed E-state index contributed by atoms with van der Waals surface area (Å²) < 4.78 is 58.2. The fraction of sp³-hybridized carbons (Fsp3) is 1.00. The van der Waals surface area contributed by atoms with Gasteiger partial charge in [-0.3, -0.25) is 13.7 Å². The number of ether oxygens (including phenoxy) is 2. The fourth-order valence-electron chi connectivity index (χ4n) is 5.45. The molecule has 0 bridgehead atoms. The first-order valence-corrected chi connectivity index (χ1v) is 15.7. The van der Waals surface area contributed by atoms with Gasteiger partial charge in [0.2, 0.25) is 0 Å². The van der Waals surface area contributed by atoms with Crippen LogP contribution < -0.4 is 5.32 Å². The molecule has 0 aromatic rings. The Morgan fingerprint density at radius 2 is 1.45 bits per heavy atom. The minimum absolute atomic E-state index is 0.0291. The molecule has 2 saturated heterocycles. The van der Waals surface area contributed by atoms with Crippen molar-refractivity contribution < 1.29 is 27.7 Å². The van der Waals surface area contributed by atoms with Crippen molar-refractivity contribution in [2.75, 3.05) is 61.0 Å². The van der Waals surface area contributed by atoms with Gasteiger partial charge in [0.1, 0.15) is 17.3 Å². The third kappa shape index (κ3) is 3.93. The Morgan fingerprint density at radius 1 is 0.848 bits per heavy atom. The van der Waals surface area contributed by atoms with Crippen molar-refractivity contribution in [3.63, 3.8) is 0 Å². The highest BCUT2D eigenvalue weighted by atomic mass is 31.2. The highest BCUT2D eigenvalue weighted by Crippen LogP contribution is 2.67. The average molecular weight is 505 g/mol. The molecule has 12 heteroatoms. The third-order valence-corrected chi connectivity index (χ3v) is 13.0. The molecule has 4 saturated carbocycles. The van der Waals surface area contributed by atoms with Crippen LogP contribution in [0.4, 0.5) is 0 Å². The van der Waals surface area contributed by atoms with Crippen LogP contribution in [-0.4, -0.2) is 110 Å². The molecule has 2 aliphatic heterocycles. The standard InChI is InChI=1S/C21H38N4O6P2/c1-23(2)32(5,26)28-17-11-21(17)15-25(14-19(31-21)8-9-19)33(27,24(3)4)29-16-10-20(16)13-22-12-18(30-20)6-7-18/h16-17,22H,6-15H2,1-5H3/t16-,17-,20-,21?,32?,33?/m1/s1. The molecular weight excluding hydrogens is 466 g/mol. The molecule has 1 N–H and O–H groups in total. The van der Waals surface area contributed by atoms with Gasteiger partial charge in [-0.25, -0.2) is 14.0 Å². The number of nitrogens with one attached hydrogen (secondary N) is 1. The highest BCUT2D eigenvalue weighted by molar-refractivity contribution is 7.55. The van der Waals surface area contributed by atoms with E-state index >= 15 is 0 Å². The van der Waals surface area contributed by atoms with Crippen LogP contribution in [0.5, 0.6) is 0 Å². The van der Waals surface area contributed by atoms with Gasteiger partial charge in [-0.05, 0) is 53.9 Å². The van der Waals surface area contributed by atoms with E-state index in [1.165, 1.54) is 0 Å². The number of hydrogen-bond acceptors (Lipinski definition) is 7. The maximum Gasteiger partial charge on any atom is 0.346 e. The van der Waals surface area contributed by atoms with Gasteiger partial charge in [0, 0.05) is 45.7 Å². The summed E-state index contributed by atoms with van der Waals surface area (Å²) in [6.07, 6.45) is 5.03. The van der Waals surface area contributed by atoms with Crippen molar-refractivity contribution in [3.05, 3.63) is 0 Å². The molecule has 0 amide bonds. The predicted octanol–water partition coefficient (Wildman–Crippen LogP) is 2.11. The molecule has 2 heterocycles. The number of morpholine rings is 2. The monoisotopic (exact) mass is 504 g/mol. The van der Waals surface area contributed by atoms with Gasteiger partial charge >= 0.3 is 7.67 Å². The smallest absolute Gasteiger partial charge is 0.346 e. The molecule has 188 valence electrons. The highest BCUT2D eigenvalue weighted by Gasteiger charge is 2.71. The molecule has 6 atom stereocenters. The molecule has 0 radical (unpaired) electrons. The van der Waals surface area contributed by atoms with Crippen molar-refractivity contribution in [1.82, 2.24) is 19.3 Å². The lowest BCUT2D eigenvalue weighted by Crippen LogP contribution is -2.52. The van der Waals surface area contributed by atoms with Gasteiger partial charge in [-0.2, -0.15) is 0 Å². The van der Waals surface area contributed by atoms with Crippen molar-refractivity contribution in [3.8, 4) is 0 Å². The Kier molecular flexibility index (Phi) is 5.08. The van der Waals surface area contributed by atoms with Gasteiger partial charge < -0.3 is 19.3 Å². The van der Waals surface area contributed by atoms with Crippen LogP contribution in [0.25, 0.3) is 0 Å². The molecule has 6 rings (SSSR count). The number of hydrogen-bond donors (Lipinski definition) is 1. The molecule has 6 fully saturated rings. The van der Waals surface area contributed by atoms with Crippen molar-refractivity contribution in [2.45, 2.75) is 73.1 Å². The first kappa shape index (κ1) is 23.5. The Bertz CT molecular complexity index is 940. The molecular formula is C21H38N4O6P2. The Morgan fingerprint density at radius 3 is 2.06 bits per heavy atom. The van der Waals surface area contributed by atoms with Crippen LogP contribution in [0.15, 0.2) is 0 Å². The molecule has 33 heavy (non-hydrogen) atoms. The second-order valence-corrected chi connectivity index (χ2v) is 16.9. The van der Waals surface area contributed by atoms with E-state index < -0.39 is 20.8 Å². The lowest BCUT2D eigenvalue weighted by atomic mass is 10.2. The summed E-state index contributed by atoms with van der Waals surface area (Å²) in [4.78, 5) is 0. The molecule has 4 aliphatic carbocycles. The van der Waals surface area contributed by atoms with Gasteiger partial charge in [0.25, 0.3) is 7.52 Å². The topological polar surface area (TPSA) is 92.8 Å². The number of rotatable bonds is 7. The fourth-order valence-corrected chi connectivity index (χ4v) is 8.66. The van der Waals surface area contributed by atoms with Crippen LogP contribution >= 0.6 is 15.2 Å². The summed E-state index contributed by atoms with van der Waals surface area (Å²) in [5, 5.41) is 3.51. The van der Waals surface area contributed by atoms with Gasteiger partial charge in [0.15, 0.2) is 0 Å².